The molecule has 1 fully saturated rings. The molecule has 0 spiro atoms. The normalized spacial score (nSPS) is 18.3. The lowest BCUT2D eigenvalue weighted by Crippen LogP contribution is -2.12. The van der Waals surface area contributed by atoms with E-state index in [9.17, 15) is 22.0 Å². The van der Waals surface area contributed by atoms with Crippen molar-refractivity contribution in [3.63, 3.8) is 0 Å². The number of rotatable bonds is 6. The maximum Gasteiger partial charge on any atom is 0.201 e. The fraction of sp³-hybridized carbons (Fsp3) is 0.310. The summed E-state index contributed by atoms with van der Waals surface area (Å²) in [6.45, 7) is 3.38. The summed E-state index contributed by atoms with van der Waals surface area (Å²) in [5, 5.41) is 0. The van der Waals surface area contributed by atoms with E-state index in [4.69, 9.17) is 4.74 Å². The van der Waals surface area contributed by atoms with Crippen LogP contribution >= 0.6 is 0 Å². The van der Waals surface area contributed by atoms with Gasteiger partial charge in [0.2, 0.25) is 5.82 Å². The van der Waals surface area contributed by atoms with Crippen molar-refractivity contribution in [3.8, 4) is 16.9 Å². The first-order valence-corrected chi connectivity index (χ1v) is 11.8. The summed E-state index contributed by atoms with van der Waals surface area (Å²) in [7, 11) is 0. The minimum atomic E-state index is -1.14. The van der Waals surface area contributed by atoms with E-state index in [1.54, 1.807) is 31.2 Å². The second-order valence-electron chi connectivity index (χ2n) is 8.98. The topological polar surface area (TPSA) is 9.23 Å². The summed E-state index contributed by atoms with van der Waals surface area (Å²) in [5.74, 6) is -4.38. The van der Waals surface area contributed by atoms with E-state index in [0.29, 0.717) is 0 Å². The van der Waals surface area contributed by atoms with Crippen LogP contribution in [-0.2, 0) is 0 Å². The predicted molar refractivity (Wildman–Crippen MR) is 128 cm³/mol. The first kappa shape index (κ1) is 25.0. The van der Waals surface area contributed by atoms with Crippen LogP contribution < -0.4 is 4.74 Å². The molecule has 0 bridgehead atoms. The van der Waals surface area contributed by atoms with Crippen molar-refractivity contribution in [2.75, 3.05) is 6.61 Å². The van der Waals surface area contributed by atoms with E-state index in [0.717, 1.165) is 31.2 Å². The van der Waals surface area contributed by atoms with Gasteiger partial charge in [0.1, 0.15) is 5.82 Å². The van der Waals surface area contributed by atoms with Gasteiger partial charge in [-0.3, -0.25) is 0 Å². The van der Waals surface area contributed by atoms with E-state index in [2.05, 4.69) is 0 Å². The summed E-state index contributed by atoms with van der Waals surface area (Å²) in [5.41, 5.74) is 1.16. The zero-order valence-electron chi connectivity index (χ0n) is 19.7. The molecule has 35 heavy (non-hydrogen) atoms. The number of aryl methyl sites for hydroxylation is 1. The molecular formula is C29H27F5O. The zero-order valence-corrected chi connectivity index (χ0v) is 19.7. The molecule has 0 aromatic heterocycles. The second-order valence-corrected chi connectivity index (χ2v) is 8.98. The third-order valence-electron chi connectivity index (χ3n) is 6.73. The van der Waals surface area contributed by atoms with E-state index in [1.807, 2.05) is 6.08 Å². The highest BCUT2D eigenvalue weighted by atomic mass is 19.2. The molecule has 4 rings (SSSR count). The maximum absolute atomic E-state index is 14.9. The van der Waals surface area contributed by atoms with E-state index >= 15 is 0 Å². The quantitative estimate of drug-likeness (QED) is 0.317. The Morgan fingerprint density at radius 3 is 2.20 bits per heavy atom. The fourth-order valence-electron chi connectivity index (χ4n) is 4.68. The molecule has 0 N–H and O–H groups in total. The van der Waals surface area contributed by atoms with Gasteiger partial charge in [-0.1, -0.05) is 36.4 Å². The van der Waals surface area contributed by atoms with Gasteiger partial charge in [-0.2, -0.15) is 4.39 Å². The molecule has 1 nitrogen and oxygen atoms in total. The lowest BCUT2D eigenvalue weighted by Gasteiger charge is -2.27. The molecule has 0 unspecified atom stereocenters. The molecule has 6 heteroatoms. The Morgan fingerprint density at radius 2 is 1.51 bits per heavy atom. The predicted octanol–water partition coefficient (Wildman–Crippen LogP) is 8.74. The monoisotopic (exact) mass is 486 g/mol. The fourth-order valence-corrected chi connectivity index (χ4v) is 4.68. The first-order chi connectivity index (χ1) is 16.8. The van der Waals surface area contributed by atoms with Gasteiger partial charge < -0.3 is 4.74 Å². The van der Waals surface area contributed by atoms with Crippen LogP contribution in [0.15, 0.2) is 48.5 Å². The smallest absolute Gasteiger partial charge is 0.201 e. The Bertz CT molecular complexity index is 1240. The highest BCUT2D eigenvalue weighted by Gasteiger charge is 2.23. The number of halogens is 5. The number of ether oxygens (including phenoxy) is 1. The van der Waals surface area contributed by atoms with Crippen molar-refractivity contribution in [2.24, 2.45) is 5.92 Å². The molecule has 0 saturated heterocycles. The van der Waals surface area contributed by atoms with Crippen molar-refractivity contribution in [1.29, 1.82) is 0 Å². The minimum absolute atomic E-state index is 0.00262. The van der Waals surface area contributed by atoms with Gasteiger partial charge in [-0.05, 0) is 80.7 Å². The number of benzene rings is 3. The number of allylic oxidation sites excluding steroid dienone is 1. The van der Waals surface area contributed by atoms with Crippen LogP contribution in [0.4, 0.5) is 22.0 Å². The average molecular weight is 487 g/mol. The lowest BCUT2D eigenvalue weighted by molar-refractivity contribution is 0.314. The molecule has 0 atom stereocenters. The Morgan fingerprint density at radius 1 is 0.800 bits per heavy atom. The van der Waals surface area contributed by atoms with Gasteiger partial charge in [0.25, 0.3) is 0 Å². The maximum atomic E-state index is 14.9. The molecule has 3 aromatic carbocycles. The standard InChI is InChI=1S/C29H27F5O/c1-3-35-25-15-14-23(28(33)29(25)34)22-13-12-21(16-24(22)30)19-9-5-18(6-10-19)7-11-20-8-4-17(2)26(31)27(20)32/h4,7-8,11-16,18-19H,3,5-6,9-10H2,1-2H3/b11-7+. The highest BCUT2D eigenvalue weighted by Crippen LogP contribution is 2.39. The molecule has 0 radical (unpaired) electrons. The highest BCUT2D eigenvalue weighted by molar-refractivity contribution is 5.66. The molecule has 3 aromatic rings. The Balaban J connectivity index is 1.44. The van der Waals surface area contributed by atoms with Crippen LogP contribution in [0.3, 0.4) is 0 Å². The van der Waals surface area contributed by atoms with Crippen molar-refractivity contribution in [1.82, 2.24) is 0 Å². The SMILES string of the molecule is CCOc1ccc(-c2ccc(C3CCC(/C=C/c4ccc(C)c(F)c4F)CC3)cc2F)c(F)c1F. The summed E-state index contributed by atoms with van der Waals surface area (Å²) in [6, 6.07) is 10.4. The molecule has 1 aliphatic carbocycles. The van der Waals surface area contributed by atoms with Crippen LogP contribution in [0.25, 0.3) is 17.2 Å². The summed E-state index contributed by atoms with van der Waals surface area (Å²) in [6.07, 6.45) is 6.83. The lowest BCUT2D eigenvalue weighted by atomic mass is 9.78. The largest absolute Gasteiger partial charge is 0.491 e. The van der Waals surface area contributed by atoms with Crippen molar-refractivity contribution in [2.45, 2.75) is 45.4 Å². The van der Waals surface area contributed by atoms with Crippen molar-refractivity contribution >= 4 is 6.08 Å². The Labute approximate surface area is 202 Å². The molecule has 0 aliphatic heterocycles. The molecule has 184 valence electrons. The number of hydrogen-bond acceptors (Lipinski definition) is 1. The van der Waals surface area contributed by atoms with Gasteiger partial charge in [0, 0.05) is 16.7 Å². The minimum Gasteiger partial charge on any atom is -0.491 e. The Kier molecular flexibility index (Phi) is 7.58. The molecule has 0 heterocycles. The zero-order chi connectivity index (χ0) is 25.1. The third-order valence-corrected chi connectivity index (χ3v) is 6.73. The molecule has 1 aliphatic rings. The number of hydrogen-bond donors (Lipinski definition) is 0. The molecule has 0 amide bonds. The van der Waals surface area contributed by atoms with Crippen LogP contribution in [0.1, 0.15) is 55.2 Å². The van der Waals surface area contributed by atoms with Gasteiger partial charge in [0.15, 0.2) is 23.2 Å². The van der Waals surface area contributed by atoms with Crippen molar-refractivity contribution < 1.29 is 26.7 Å². The molecular weight excluding hydrogens is 459 g/mol. The van der Waals surface area contributed by atoms with Gasteiger partial charge in [-0.25, -0.2) is 17.6 Å². The van der Waals surface area contributed by atoms with E-state index < -0.39 is 29.1 Å². The average Bonchev–Trinajstić information content (AvgIpc) is 2.86. The van der Waals surface area contributed by atoms with E-state index in [1.165, 1.54) is 31.2 Å². The van der Waals surface area contributed by atoms with E-state index in [-0.39, 0.29) is 46.4 Å². The van der Waals surface area contributed by atoms with Crippen LogP contribution in [0, 0.1) is 41.9 Å². The van der Waals surface area contributed by atoms with Crippen LogP contribution in [0.5, 0.6) is 5.75 Å². The van der Waals surface area contributed by atoms with Gasteiger partial charge in [-0.15, -0.1) is 0 Å². The summed E-state index contributed by atoms with van der Waals surface area (Å²) >= 11 is 0. The third kappa shape index (κ3) is 5.26. The summed E-state index contributed by atoms with van der Waals surface area (Å²) < 4.78 is 76.6. The van der Waals surface area contributed by atoms with Crippen molar-refractivity contribution in [3.05, 3.63) is 94.3 Å². The second kappa shape index (κ2) is 10.6. The molecule has 1 saturated carbocycles. The van der Waals surface area contributed by atoms with Crippen LogP contribution in [0.2, 0.25) is 0 Å². The Hall–Kier alpha value is -3.15. The van der Waals surface area contributed by atoms with Gasteiger partial charge in [0.05, 0.1) is 6.61 Å². The summed E-state index contributed by atoms with van der Waals surface area (Å²) in [4.78, 5) is 0. The van der Waals surface area contributed by atoms with Crippen LogP contribution in [-0.4, -0.2) is 6.61 Å². The van der Waals surface area contributed by atoms with Gasteiger partial charge >= 0.3 is 0 Å². The first-order valence-electron chi connectivity index (χ1n) is 11.8.